The first-order valence-electron chi connectivity index (χ1n) is 13.6. The number of esters is 2. The minimum absolute atomic E-state index is 0.00699. The molecule has 5 rings (SSSR count). The molecule has 0 aromatic heterocycles. The highest BCUT2D eigenvalue weighted by Gasteiger charge is 2.59. The Balaban J connectivity index is 1.50. The van der Waals surface area contributed by atoms with Crippen molar-refractivity contribution in [3.63, 3.8) is 0 Å². The van der Waals surface area contributed by atoms with Crippen molar-refractivity contribution < 1.29 is 38.4 Å². The molecule has 214 valence electrons. The average Bonchev–Trinajstić information content (AvgIpc) is 3.56. The molecule has 1 aromatic rings. The molecule has 9 nitrogen and oxygen atoms in total. The van der Waals surface area contributed by atoms with Crippen LogP contribution in [0.5, 0.6) is 11.5 Å². The number of nitrogens with zero attached hydrogens (tertiary/aromatic N) is 1. The van der Waals surface area contributed by atoms with Gasteiger partial charge in [-0.3, -0.25) is 9.69 Å². The molecule has 0 radical (unpaired) electrons. The third kappa shape index (κ3) is 5.21. The van der Waals surface area contributed by atoms with Crippen LogP contribution in [-0.4, -0.2) is 78.2 Å². The summed E-state index contributed by atoms with van der Waals surface area (Å²) in [6.07, 6.45) is 4.46. The van der Waals surface area contributed by atoms with Crippen molar-refractivity contribution >= 4 is 23.5 Å². The number of carbonyl (C=O) groups is 2. The fraction of sp³-hybridized carbons (Fsp3) is 0.655. The minimum Gasteiger partial charge on any atom is -0.497 e. The Labute approximate surface area is 234 Å². The van der Waals surface area contributed by atoms with Crippen LogP contribution in [0.1, 0.15) is 69.4 Å². The molecular formula is C29H38ClNO8. The molecule has 0 bridgehead atoms. The molecular weight excluding hydrogens is 526 g/mol. The van der Waals surface area contributed by atoms with Crippen molar-refractivity contribution in [2.45, 2.75) is 86.8 Å². The van der Waals surface area contributed by atoms with E-state index >= 15 is 0 Å². The SMILES string of the molecule is COC(=O)CC(O)(CCCC(C)(C)Cl)C(=O)OC1C(OC)=CC23CCCN2CCc2cc4c(cc2C13)OCO4. The summed E-state index contributed by atoms with van der Waals surface area (Å²) in [5.74, 6) is 0.0622. The van der Waals surface area contributed by atoms with Crippen LogP contribution in [0.4, 0.5) is 0 Å². The van der Waals surface area contributed by atoms with Crippen LogP contribution < -0.4 is 9.47 Å². The first kappa shape index (κ1) is 28.1. The number of fused-ring (bicyclic) bond motifs is 3. The number of benzene rings is 1. The largest absolute Gasteiger partial charge is 0.497 e. The van der Waals surface area contributed by atoms with Crippen molar-refractivity contribution in [2.75, 3.05) is 34.1 Å². The van der Waals surface area contributed by atoms with E-state index in [1.165, 1.54) is 7.11 Å². The number of carbonyl (C=O) groups excluding carboxylic acids is 2. The Morgan fingerprint density at radius 2 is 1.92 bits per heavy atom. The lowest BCUT2D eigenvalue weighted by molar-refractivity contribution is -0.178. The van der Waals surface area contributed by atoms with Gasteiger partial charge in [-0.25, -0.2) is 4.79 Å². The highest BCUT2D eigenvalue weighted by atomic mass is 35.5. The molecule has 1 fully saturated rings. The maximum absolute atomic E-state index is 13.8. The number of hydrogen-bond donors (Lipinski definition) is 1. The van der Waals surface area contributed by atoms with E-state index < -0.39 is 40.5 Å². The summed E-state index contributed by atoms with van der Waals surface area (Å²) in [5.41, 5.74) is -0.343. The zero-order chi connectivity index (χ0) is 28.0. The Morgan fingerprint density at radius 3 is 2.62 bits per heavy atom. The minimum atomic E-state index is -2.07. The zero-order valence-electron chi connectivity index (χ0n) is 23.1. The summed E-state index contributed by atoms with van der Waals surface area (Å²) in [6, 6.07) is 4.03. The van der Waals surface area contributed by atoms with Gasteiger partial charge >= 0.3 is 11.9 Å². The van der Waals surface area contributed by atoms with Crippen molar-refractivity contribution in [1.29, 1.82) is 0 Å². The lowest BCUT2D eigenvalue weighted by atomic mass is 9.77. The summed E-state index contributed by atoms with van der Waals surface area (Å²) in [7, 11) is 2.79. The van der Waals surface area contributed by atoms with Crippen molar-refractivity contribution in [3.8, 4) is 11.5 Å². The second-order valence-corrected chi connectivity index (χ2v) is 12.7. The van der Waals surface area contributed by atoms with Crippen LogP contribution in [0.2, 0.25) is 0 Å². The first-order chi connectivity index (χ1) is 18.5. The number of rotatable bonds is 9. The van der Waals surface area contributed by atoms with Crippen molar-refractivity contribution in [1.82, 2.24) is 4.90 Å². The molecule has 1 saturated heterocycles. The topological polar surface area (TPSA) is 104 Å². The van der Waals surface area contributed by atoms with Gasteiger partial charge in [0, 0.05) is 11.4 Å². The van der Waals surface area contributed by atoms with Gasteiger partial charge in [-0.05, 0) is 88.3 Å². The Hall–Kier alpha value is -2.49. The standard InChI is InChI=1S/C29H38ClNO8/c1-27(2,30)8-5-10-29(34,16-23(32)36-4)26(33)39-25-22(35-3)15-28-9-6-11-31(28)12-7-18-13-20-21(38-17-37-20)14-19(18)24(25)28/h13-15,24-25,34H,5-12,16-17H2,1-4H3. The van der Waals surface area contributed by atoms with Gasteiger partial charge in [0.15, 0.2) is 23.2 Å². The fourth-order valence-corrected chi connectivity index (χ4v) is 6.83. The quantitative estimate of drug-likeness (QED) is 0.354. The maximum Gasteiger partial charge on any atom is 0.339 e. The number of alkyl halides is 1. The van der Waals surface area contributed by atoms with Crippen LogP contribution >= 0.6 is 11.6 Å². The summed E-state index contributed by atoms with van der Waals surface area (Å²) >= 11 is 6.34. The van der Waals surface area contributed by atoms with Gasteiger partial charge in [0.1, 0.15) is 5.76 Å². The summed E-state index contributed by atoms with van der Waals surface area (Å²) in [5, 5.41) is 11.5. The third-order valence-corrected chi connectivity index (χ3v) is 8.79. The van der Waals surface area contributed by atoms with Crippen LogP contribution in [0, 0.1) is 0 Å². The average molecular weight is 564 g/mol. The smallest absolute Gasteiger partial charge is 0.339 e. The van der Waals surface area contributed by atoms with Gasteiger partial charge in [0.25, 0.3) is 0 Å². The molecule has 4 aliphatic rings. The fourth-order valence-electron chi connectivity index (χ4n) is 6.69. The van der Waals surface area contributed by atoms with Crippen LogP contribution in [0.3, 0.4) is 0 Å². The second kappa shape index (κ2) is 10.5. The predicted molar refractivity (Wildman–Crippen MR) is 143 cm³/mol. The summed E-state index contributed by atoms with van der Waals surface area (Å²) < 4.78 is 28.2. The van der Waals surface area contributed by atoms with E-state index in [2.05, 4.69) is 11.0 Å². The van der Waals surface area contributed by atoms with Crippen LogP contribution in [0.25, 0.3) is 0 Å². The Morgan fingerprint density at radius 1 is 1.18 bits per heavy atom. The summed E-state index contributed by atoms with van der Waals surface area (Å²) in [6.45, 7) is 5.66. The second-order valence-electron chi connectivity index (χ2n) is 11.6. The number of methoxy groups -OCH3 is 2. The molecule has 1 aliphatic carbocycles. The molecule has 0 amide bonds. The van der Waals surface area contributed by atoms with Gasteiger partial charge in [-0.1, -0.05) is 0 Å². The van der Waals surface area contributed by atoms with Gasteiger partial charge in [0.2, 0.25) is 6.79 Å². The molecule has 1 N–H and O–H groups in total. The molecule has 1 spiro atoms. The van der Waals surface area contributed by atoms with E-state index in [0.29, 0.717) is 30.1 Å². The van der Waals surface area contributed by atoms with Gasteiger partial charge in [-0.2, -0.15) is 0 Å². The van der Waals surface area contributed by atoms with Crippen molar-refractivity contribution in [2.24, 2.45) is 0 Å². The molecule has 4 atom stereocenters. The lowest BCUT2D eigenvalue weighted by Gasteiger charge is -2.39. The molecule has 4 unspecified atom stereocenters. The summed E-state index contributed by atoms with van der Waals surface area (Å²) in [4.78, 5) is 28.0. The van der Waals surface area contributed by atoms with E-state index in [-0.39, 0.29) is 19.1 Å². The Kier molecular flexibility index (Phi) is 7.54. The van der Waals surface area contributed by atoms with E-state index in [1.807, 2.05) is 26.0 Å². The monoisotopic (exact) mass is 563 g/mol. The number of hydrogen-bond acceptors (Lipinski definition) is 9. The Bertz CT molecular complexity index is 1160. The van der Waals surface area contributed by atoms with Crippen LogP contribution in [0.15, 0.2) is 24.0 Å². The highest BCUT2D eigenvalue weighted by Crippen LogP contribution is 2.55. The molecule has 1 aromatic carbocycles. The van der Waals surface area contributed by atoms with Crippen LogP contribution in [-0.2, 0) is 30.2 Å². The first-order valence-corrected chi connectivity index (χ1v) is 14.0. The molecule has 3 heterocycles. The normalized spacial score (nSPS) is 27.0. The van der Waals surface area contributed by atoms with Gasteiger partial charge in [-0.15, -0.1) is 11.6 Å². The molecule has 0 saturated carbocycles. The van der Waals surface area contributed by atoms with Gasteiger partial charge < -0.3 is 28.8 Å². The molecule has 10 heteroatoms. The zero-order valence-corrected chi connectivity index (χ0v) is 23.8. The van der Waals surface area contributed by atoms with E-state index in [4.69, 9.17) is 35.3 Å². The van der Waals surface area contributed by atoms with E-state index in [1.54, 1.807) is 7.11 Å². The highest BCUT2D eigenvalue weighted by molar-refractivity contribution is 6.23. The lowest BCUT2D eigenvalue weighted by Crippen LogP contribution is -2.49. The number of halogens is 1. The maximum atomic E-state index is 13.8. The number of aliphatic hydroxyl groups is 1. The third-order valence-electron chi connectivity index (χ3n) is 8.60. The predicted octanol–water partition coefficient (Wildman–Crippen LogP) is 3.83. The number of ether oxygens (including phenoxy) is 5. The van der Waals surface area contributed by atoms with Gasteiger partial charge in [0.05, 0.1) is 32.1 Å². The molecule has 39 heavy (non-hydrogen) atoms. The van der Waals surface area contributed by atoms with E-state index in [9.17, 15) is 14.7 Å². The van der Waals surface area contributed by atoms with Crippen molar-refractivity contribution in [3.05, 3.63) is 35.1 Å². The molecule has 3 aliphatic heterocycles. The van der Waals surface area contributed by atoms with E-state index in [0.717, 1.165) is 43.5 Å².